The number of nitrogens with zero attached hydrogens (tertiary/aromatic N) is 3. The molecular weight excluding hydrogens is 298 g/mol. The van der Waals surface area contributed by atoms with Crippen LogP contribution in [0.1, 0.15) is 32.1 Å². The lowest BCUT2D eigenvalue weighted by molar-refractivity contribution is -0.182. The quantitative estimate of drug-likeness (QED) is 0.742. The van der Waals surface area contributed by atoms with Crippen LogP contribution in [0.25, 0.3) is 0 Å². The molecule has 130 valence electrons. The van der Waals surface area contributed by atoms with Crippen LogP contribution in [0.3, 0.4) is 0 Å². The van der Waals surface area contributed by atoms with Gasteiger partial charge in [0.25, 0.3) is 5.91 Å². The summed E-state index contributed by atoms with van der Waals surface area (Å²) in [7, 11) is 0. The topological polar surface area (TPSA) is 62.3 Å². The Morgan fingerprint density at radius 2 is 1.70 bits per heavy atom. The molecule has 3 aliphatic heterocycles. The maximum absolute atomic E-state index is 12.3. The molecule has 0 aromatic carbocycles. The fourth-order valence-electron chi connectivity index (χ4n) is 3.36. The Hall–Kier alpha value is -1.18. The number of rotatable bonds is 4. The third-order valence-corrected chi connectivity index (χ3v) is 4.80. The molecule has 2 amide bonds. The van der Waals surface area contributed by atoms with Crippen molar-refractivity contribution in [1.82, 2.24) is 14.9 Å². The number of ether oxygens (including phenoxy) is 1. The van der Waals surface area contributed by atoms with E-state index < -0.39 is 0 Å². The van der Waals surface area contributed by atoms with E-state index in [4.69, 9.17) is 9.57 Å². The predicted octanol–water partition coefficient (Wildman–Crippen LogP) is 0.254. The SMILES string of the molecule is O=C(CCN1CCCCO1)N1CCN(C(=O)[C@@H]2CCCO2)CC1. The van der Waals surface area contributed by atoms with E-state index in [0.717, 1.165) is 38.8 Å². The number of carbonyl (C=O) groups excluding carboxylic acids is 2. The molecule has 23 heavy (non-hydrogen) atoms. The van der Waals surface area contributed by atoms with Gasteiger partial charge in [-0.1, -0.05) is 0 Å². The van der Waals surface area contributed by atoms with Gasteiger partial charge in [0, 0.05) is 52.3 Å². The summed E-state index contributed by atoms with van der Waals surface area (Å²) in [6, 6.07) is 0. The van der Waals surface area contributed by atoms with Crippen LogP contribution in [0, 0.1) is 0 Å². The molecule has 3 aliphatic rings. The minimum atomic E-state index is -0.256. The molecule has 0 N–H and O–H groups in total. The zero-order chi connectivity index (χ0) is 16.1. The summed E-state index contributed by atoms with van der Waals surface area (Å²) >= 11 is 0. The standard InChI is InChI=1S/C16H27N3O4/c20-15(5-7-19-6-1-2-13-23-19)17-8-10-18(11-9-17)16(21)14-4-3-12-22-14/h14H,1-13H2/t14-/m0/s1. The van der Waals surface area contributed by atoms with Gasteiger partial charge in [-0.05, 0) is 25.7 Å². The van der Waals surface area contributed by atoms with Crippen molar-refractivity contribution in [2.45, 2.75) is 38.2 Å². The molecule has 0 aromatic rings. The van der Waals surface area contributed by atoms with E-state index in [-0.39, 0.29) is 17.9 Å². The zero-order valence-corrected chi connectivity index (χ0v) is 13.7. The Bertz CT molecular complexity index is 412. The zero-order valence-electron chi connectivity index (χ0n) is 13.7. The van der Waals surface area contributed by atoms with E-state index in [1.165, 1.54) is 0 Å². The van der Waals surface area contributed by atoms with Crippen molar-refractivity contribution in [3.05, 3.63) is 0 Å². The van der Waals surface area contributed by atoms with Crippen LogP contribution in [-0.2, 0) is 19.2 Å². The number of hydrogen-bond acceptors (Lipinski definition) is 5. The molecule has 7 heteroatoms. The van der Waals surface area contributed by atoms with Crippen LogP contribution in [0.5, 0.6) is 0 Å². The second kappa shape index (κ2) is 8.08. The van der Waals surface area contributed by atoms with Gasteiger partial charge < -0.3 is 14.5 Å². The van der Waals surface area contributed by atoms with Crippen molar-refractivity contribution in [2.24, 2.45) is 0 Å². The van der Waals surface area contributed by atoms with E-state index in [0.29, 0.717) is 45.8 Å². The van der Waals surface area contributed by atoms with Crippen LogP contribution in [0.4, 0.5) is 0 Å². The molecule has 0 saturated carbocycles. The van der Waals surface area contributed by atoms with Gasteiger partial charge in [0.05, 0.1) is 6.61 Å². The number of hydrogen-bond donors (Lipinski definition) is 0. The molecule has 0 aromatic heterocycles. The summed E-state index contributed by atoms with van der Waals surface area (Å²) in [6.07, 6.45) is 4.26. The Morgan fingerprint density at radius 1 is 0.913 bits per heavy atom. The lowest BCUT2D eigenvalue weighted by Gasteiger charge is -2.36. The highest BCUT2D eigenvalue weighted by atomic mass is 16.7. The van der Waals surface area contributed by atoms with Crippen LogP contribution < -0.4 is 0 Å². The molecule has 0 spiro atoms. The first-order valence-corrected chi connectivity index (χ1v) is 8.80. The minimum absolute atomic E-state index is 0.0938. The number of hydroxylamine groups is 2. The summed E-state index contributed by atoms with van der Waals surface area (Å²) in [4.78, 5) is 33.8. The Kier molecular flexibility index (Phi) is 5.85. The average molecular weight is 325 g/mol. The number of amides is 2. The Labute approximate surface area is 137 Å². The maximum Gasteiger partial charge on any atom is 0.251 e. The van der Waals surface area contributed by atoms with Crippen molar-refractivity contribution in [2.75, 3.05) is 52.5 Å². The fraction of sp³-hybridized carbons (Fsp3) is 0.875. The predicted molar refractivity (Wildman–Crippen MR) is 83.5 cm³/mol. The second-order valence-electron chi connectivity index (χ2n) is 6.43. The summed E-state index contributed by atoms with van der Waals surface area (Å²) < 4.78 is 5.46. The fourth-order valence-corrected chi connectivity index (χ4v) is 3.36. The highest BCUT2D eigenvalue weighted by Crippen LogP contribution is 2.16. The number of carbonyl (C=O) groups is 2. The van der Waals surface area contributed by atoms with Crippen LogP contribution in [-0.4, -0.2) is 85.3 Å². The maximum atomic E-state index is 12.3. The van der Waals surface area contributed by atoms with E-state index in [1.54, 1.807) is 0 Å². The molecule has 3 rings (SSSR count). The normalized spacial score (nSPS) is 26.5. The Morgan fingerprint density at radius 3 is 2.35 bits per heavy atom. The molecule has 0 bridgehead atoms. The first kappa shape index (κ1) is 16.7. The van der Waals surface area contributed by atoms with Crippen LogP contribution >= 0.6 is 0 Å². The highest BCUT2D eigenvalue weighted by Gasteiger charge is 2.31. The number of piperazine rings is 1. The van der Waals surface area contributed by atoms with E-state index in [2.05, 4.69) is 0 Å². The molecule has 3 fully saturated rings. The summed E-state index contributed by atoms with van der Waals surface area (Å²) in [6.45, 7) is 5.50. The van der Waals surface area contributed by atoms with E-state index in [9.17, 15) is 9.59 Å². The monoisotopic (exact) mass is 325 g/mol. The lowest BCUT2D eigenvalue weighted by atomic mass is 10.2. The first-order valence-electron chi connectivity index (χ1n) is 8.80. The highest BCUT2D eigenvalue weighted by molar-refractivity contribution is 5.82. The average Bonchev–Trinajstić information content (AvgIpc) is 3.15. The van der Waals surface area contributed by atoms with Crippen molar-refractivity contribution in [3.8, 4) is 0 Å². The largest absolute Gasteiger partial charge is 0.368 e. The molecule has 3 heterocycles. The summed E-state index contributed by atoms with van der Waals surface area (Å²) in [5.74, 6) is 0.250. The summed E-state index contributed by atoms with van der Waals surface area (Å²) in [5, 5.41) is 1.90. The molecule has 0 radical (unpaired) electrons. The molecule has 7 nitrogen and oxygen atoms in total. The molecule has 0 unspecified atom stereocenters. The van der Waals surface area contributed by atoms with E-state index in [1.807, 2.05) is 14.9 Å². The molecule has 0 aliphatic carbocycles. The summed E-state index contributed by atoms with van der Waals surface area (Å²) in [5.41, 5.74) is 0. The van der Waals surface area contributed by atoms with Gasteiger partial charge >= 0.3 is 0 Å². The first-order chi connectivity index (χ1) is 11.2. The van der Waals surface area contributed by atoms with E-state index >= 15 is 0 Å². The van der Waals surface area contributed by atoms with Crippen LogP contribution in [0.15, 0.2) is 0 Å². The molecule has 3 saturated heterocycles. The van der Waals surface area contributed by atoms with Gasteiger partial charge in [0.1, 0.15) is 6.10 Å². The smallest absolute Gasteiger partial charge is 0.251 e. The third-order valence-electron chi connectivity index (χ3n) is 4.80. The van der Waals surface area contributed by atoms with Crippen molar-refractivity contribution < 1.29 is 19.2 Å². The Balaban J connectivity index is 1.37. The second-order valence-corrected chi connectivity index (χ2v) is 6.43. The van der Waals surface area contributed by atoms with Gasteiger partial charge in [-0.15, -0.1) is 0 Å². The third kappa shape index (κ3) is 4.43. The van der Waals surface area contributed by atoms with Gasteiger partial charge in [-0.25, -0.2) is 0 Å². The molecular formula is C16H27N3O4. The minimum Gasteiger partial charge on any atom is -0.368 e. The lowest BCUT2D eigenvalue weighted by Crippen LogP contribution is -2.53. The van der Waals surface area contributed by atoms with Gasteiger partial charge in [0.2, 0.25) is 5.91 Å². The van der Waals surface area contributed by atoms with Gasteiger partial charge in [0.15, 0.2) is 0 Å². The van der Waals surface area contributed by atoms with Gasteiger partial charge in [-0.3, -0.25) is 14.4 Å². The van der Waals surface area contributed by atoms with Gasteiger partial charge in [-0.2, -0.15) is 5.06 Å². The van der Waals surface area contributed by atoms with Crippen molar-refractivity contribution >= 4 is 11.8 Å². The van der Waals surface area contributed by atoms with Crippen molar-refractivity contribution in [1.29, 1.82) is 0 Å². The molecule has 1 atom stereocenters. The van der Waals surface area contributed by atoms with Crippen molar-refractivity contribution in [3.63, 3.8) is 0 Å². The van der Waals surface area contributed by atoms with Crippen LogP contribution in [0.2, 0.25) is 0 Å².